The lowest BCUT2D eigenvalue weighted by molar-refractivity contribution is -0.151. The number of esters is 1. The van der Waals surface area contributed by atoms with E-state index in [2.05, 4.69) is 36.0 Å². The normalized spacial score (nSPS) is 22.0. The van der Waals surface area contributed by atoms with Gasteiger partial charge in [-0.15, -0.1) is 0 Å². The van der Waals surface area contributed by atoms with E-state index in [1.54, 1.807) is 40.8 Å². The number of rotatable bonds is 21. The third-order valence-electron chi connectivity index (χ3n) is 16.5. The molecule has 3 aromatic rings. The van der Waals surface area contributed by atoms with E-state index in [0.29, 0.717) is 32.1 Å². The number of benzene rings is 1. The molecule has 8 amide bonds. The molecule has 23 heteroatoms. The summed E-state index contributed by atoms with van der Waals surface area (Å²) in [4.78, 5) is 163. The number of aromatic nitrogens is 2. The van der Waals surface area contributed by atoms with Gasteiger partial charge in [0, 0.05) is 61.5 Å². The minimum Gasteiger partial charge on any atom is -0.478 e. The molecule has 5 heterocycles. The molecule has 8 N–H and O–H groups in total. The number of amides is 8. The first kappa shape index (κ1) is 60.7. The highest BCUT2D eigenvalue weighted by atomic mass is 16.5. The summed E-state index contributed by atoms with van der Waals surface area (Å²) >= 11 is 0. The van der Waals surface area contributed by atoms with Gasteiger partial charge in [0.05, 0.1) is 25.6 Å². The van der Waals surface area contributed by atoms with E-state index in [1.807, 2.05) is 24.3 Å². The van der Waals surface area contributed by atoms with E-state index >= 15 is 4.79 Å². The number of Topliss-reactive ketones (excluding diaryl/α,β-unsaturated/α-hetero) is 1. The predicted molar refractivity (Wildman–Crippen MR) is 294 cm³/mol. The lowest BCUT2D eigenvalue weighted by Crippen LogP contribution is -2.65. The van der Waals surface area contributed by atoms with Crippen LogP contribution in [-0.4, -0.2) is 163 Å². The summed E-state index contributed by atoms with van der Waals surface area (Å²) in [7, 11) is 1.19. The molecule has 1 aromatic carbocycles. The molecule has 1 aliphatic carbocycles. The number of likely N-dealkylation sites (tertiary alicyclic amines) is 3. The van der Waals surface area contributed by atoms with Gasteiger partial charge in [-0.1, -0.05) is 64.3 Å². The maximum absolute atomic E-state index is 15.3. The van der Waals surface area contributed by atoms with Crippen molar-refractivity contribution in [1.82, 2.24) is 45.9 Å². The lowest BCUT2D eigenvalue weighted by atomic mass is 9.82. The van der Waals surface area contributed by atoms with Crippen LogP contribution in [0.25, 0.3) is 10.9 Å². The van der Waals surface area contributed by atoms with Crippen molar-refractivity contribution in [2.75, 3.05) is 26.7 Å². The number of primary amides is 1. The Balaban J connectivity index is 1.11. The van der Waals surface area contributed by atoms with Gasteiger partial charge in [0.1, 0.15) is 41.3 Å². The Morgan fingerprint density at radius 1 is 0.864 bits per heavy atom. The molecule has 3 aliphatic heterocycles. The fourth-order valence-corrected chi connectivity index (χ4v) is 11.7. The van der Waals surface area contributed by atoms with Crippen LogP contribution in [0, 0.1) is 11.3 Å². The van der Waals surface area contributed by atoms with Crippen LogP contribution in [0.2, 0.25) is 0 Å². The van der Waals surface area contributed by atoms with Crippen molar-refractivity contribution in [3.8, 4) is 0 Å². The highest BCUT2D eigenvalue weighted by molar-refractivity contribution is 6.03. The fourth-order valence-electron chi connectivity index (χ4n) is 11.7. The quantitative estimate of drug-likeness (QED) is 0.0596. The van der Waals surface area contributed by atoms with Crippen molar-refractivity contribution in [3.63, 3.8) is 0 Å². The second-order valence-electron chi connectivity index (χ2n) is 23.3. The summed E-state index contributed by atoms with van der Waals surface area (Å²) in [6.07, 6.45) is 11.2. The molecule has 1 saturated carbocycles. The topological polar surface area (TPSA) is 330 Å². The van der Waals surface area contributed by atoms with E-state index < -0.39 is 125 Å². The fraction of sp³-hybridized carbons (Fsp3) is 0.552. The standard InChI is InChI=1S/C58H76N10O13/c1-56(2,3)47(65-48(72)41(20-12-13-21-45(71)81-6)62-44(70)27-34-26-37(53(77)78)31-60-30-34)52(76)66-33-38(69)29-43(66)49(73)64-46(35-16-8-7-9-17-35)51(75)68-25-15-23-58(68,5)55(80)63-42(28-36-32-61-40-19-11-10-18-39(36)40)50(74)67-24-14-22-57(67,4)54(59)79/h10-11,13,18-19,21,26,30-32,35,41-43,46-47,61H,7-9,12,14-17,20,22-25,27-29,33H2,1-6H3,(H2,59,79)(H,62,70)(H,63,80)(H,64,73)(H,65,72)(H,77,78)/b21-13+/t41-,42-,43-,46-,47+,57-,58-/m0/s1. The van der Waals surface area contributed by atoms with Crippen molar-refractivity contribution in [1.29, 1.82) is 0 Å². The van der Waals surface area contributed by atoms with Gasteiger partial charge in [-0.3, -0.25) is 48.1 Å². The Labute approximate surface area is 470 Å². The number of pyridine rings is 1. The maximum Gasteiger partial charge on any atom is 0.337 e. The first-order valence-electron chi connectivity index (χ1n) is 27.8. The molecule has 436 valence electrons. The van der Waals surface area contributed by atoms with Gasteiger partial charge in [-0.25, -0.2) is 9.59 Å². The number of methoxy groups -OCH3 is 1. The van der Waals surface area contributed by atoms with Crippen LogP contribution in [-0.2, 0) is 65.5 Å². The third kappa shape index (κ3) is 14.0. The average molecular weight is 1120 g/mol. The predicted octanol–water partition coefficient (Wildman–Crippen LogP) is 2.54. The number of para-hydroxylation sites is 1. The van der Waals surface area contributed by atoms with Crippen LogP contribution in [0.15, 0.2) is 61.1 Å². The number of carboxylic acid groups (broad SMARTS) is 1. The minimum absolute atomic E-state index is 0.0537. The molecule has 81 heavy (non-hydrogen) atoms. The van der Waals surface area contributed by atoms with Crippen molar-refractivity contribution in [2.24, 2.45) is 17.1 Å². The molecule has 7 rings (SSSR count). The van der Waals surface area contributed by atoms with E-state index in [4.69, 9.17) is 5.73 Å². The van der Waals surface area contributed by atoms with Gasteiger partial charge < -0.3 is 56.5 Å². The number of carbonyl (C=O) groups is 11. The summed E-state index contributed by atoms with van der Waals surface area (Å²) in [6, 6.07) is 2.35. The van der Waals surface area contributed by atoms with E-state index in [9.17, 15) is 53.1 Å². The number of H-pyrrole nitrogens is 1. The van der Waals surface area contributed by atoms with Crippen molar-refractivity contribution in [3.05, 3.63) is 77.8 Å². The Bertz CT molecular complexity index is 2960. The zero-order valence-electron chi connectivity index (χ0n) is 47.0. The number of hydrogen-bond donors (Lipinski definition) is 7. The summed E-state index contributed by atoms with van der Waals surface area (Å²) in [5.74, 6) is -8.07. The molecule has 4 fully saturated rings. The second kappa shape index (κ2) is 25.6. The van der Waals surface area contributed by atoms with E-state index in [0.717, 1.165) is 52.9 Å². The summed E-state index contributed by atoms with van der Waals surface area (Å²) in [5.41, 5.74) is 3.69. The summed E-state index contributed by atoms with van der Waals surface area (Å²) in [6.45, 7) is 8.17. The molecule has 4 aliphatic rings. The highest BCUT2D eigenvalue weighted by Gasteiger charge is 2.52. The second-order valence-corrected chi connectivity index (χ2v) is 23.3. The zero-order valence-corrected chi connectivity index (χ0v) is 47.0. The van der Waals surface area contributed by atoms with Crippen LogP contribution in [0.1, 0.15) is 133 Å². The number of carbonyl (C=O) groups excluding carboxylic acids is 10. The molecule has 2 aromatic heterocycles. The number of ketones is 1. The van der Waals surface area contributed by atoms with E-state index in [1.165, 1.54) is 35.2 Å². The monoisotopic (exact) mass is 1120 g/mol. The molecule has 0 spiro atoms. The number of allylic oxidation sites excluding steroid dienone is 1. The van der Waals surface area contributed by atoms with Crippen LogP contribution >= 0.6 is 0 Å². The molecule has 23 nitrogen and oxygen atoms in total. The number of carboxylic acids is 1. The van der Waals surface area contributed by atoms with Crippen molar-refractivity contribution >= 4 is 75.9 Å². The number of nitrogens with zero attached hydrogens (tertiary/aromatic N) is 4. The molecular formula is C58H76N10O13. The Morgan fingerprint density at radius 2 is 1.54 bits per heavy atom. The average Bonchev–Trinajstić information content (AvgIpc) is 4.34. The number of nitrogens with one attached hydrogen (secondary N) is 5. The van der Waals surface area contributed by atoms with Crippen LogP contribution < -0.4 is 27.0 Å². The number of ether oxygens (including phenoxy) is 1. The third-order valence-corrected chi connectivity index (χ3v) is 16.5. The lowest BCUT2D eigenvalue weighted by Gasteiger charge is -2.41. The molecule has 3 saturated heterocycles. The summed E-state index contributed by atoms with van der Waals surface area (Å²) in [5, 5.41) is 21.6. The summed E-state index contributed by atoms with van der Waals surface area (Å²) < 4.78 is 4.66. The number of aromatic amines is 1. The Hall–Kier alpha value is -7.98. The first-order valence-corrected chi connectivity index (χ1v) is 27.8. The first-order chi connectivity index (χ1) is 38.4. The Morgan fingerprint density at radius 3 is 2.21 bits per heavy atom. The smallest absolute Gasteiger partial charge is 0.337 e. The minimum atomic E-state index is -1.51. The highest BCUT2D eigenvalue weighted by Crippen LogP contribution is 2.36. The van der Waals surface area contributed by atoms with Gasteiger partial charge in [-0.2, -0.15) is 0 Å². The van der Waals surface area contributed by atoms with Gasteiger partial charge in [0.2, 0.25) is 47.3 Å². The van der Waals surface area contributed by atoms with Crippen molar-refractivity contribution in [2.45, 2.75) is 166 Å². The van der Waals surface area contributed by atoms with Gasteiger partial charge in [-0.05, 0) is 99.8 Å². The molecule has 0 unspecified atom stereocenters. The SMILES string of the molecule is COC(=O)/C=C/CC[C@H](NC(=O)Cc1cncc(C(=O)O)c1)C(=O)N[C@H](C(=O)N1CC(=O)C[C@H]1C(=O)N[C@H](C(=O)N1CCC[C@@]1(C)C(=O)N[C@@H](Cc1c[nH]c2ccccc12)C(=O)N1CCC[C@@]1(C)C(N)=O)C1CCCCC1)C(C)(C)C. The maximum atomic E-state index is 15.3. The molecule has 7 atom stereocenters. The number of hydrogen-bond acceptors (Lipinski definition) is 13. The van der Waals surface area contributed by atoms with Crippen LogP contribution in [0.5, 0.6) is 0 Å². The molecule has 0 bridgehead atoms. The Kier molecular flexibility index (Phi) is 19.2. The van der Waals surface area contributed by atoms with E-state index in [-0.39, 0.29) is 62.2 Å². The van der Waals surface area contributed by atoms with Gasteiger partial charge in [0.25, 0.3) is 0 Å². The largest absolute Gasteiger partial charge is 0.478 e. The molecular weight excluding hydrogens is 1040 g/mol. The van der Waals surface area contributed by atoms with Gasteiger partial charge >= 0.3 is 11.9 Å². The van der Waals surface area contributed by atoms with Crippen LogP contribution in [0.4, 0.5) is 0 Å². The van der Waals surface area contributed by atoms with Gasteiger partial charge in [0.15, 0.2) is 5.78 Å². The number of nitrogens with two attached hydrogens (primary N) is 1. The zero-order chi connectivity index (χ0) is 59.0. The number of fused-ring (bicyclic) bond motifs is 1. The number of aromatic carboxylic acids is 1. The molecule has 0 radical (unpaired) electrons. The van der Waals surface area contributed by atoms with Crippen molar-refractivity contribution < 1.29 is 62.6 Å². The van der Waals surface area contributed by atoms with Crippen LogP contribution in [0.3, 0.4) is 0 Å².